The van der Waals surface area contributed by atoms with Crippen molar-refractivity contribution in [2.45, 2.75) is 76.0 Å². The van der Waals surface area contributed by atoms with E-state index in [2.05, 4.69) is 28.8 Å². The number of ether oxygens (including phenoxy) is 2. The highest BCUT2D eigenvalue weighted by Crippen LogP contribution is 2.59. The number of carbonyl (C=O) groups excluding carboxylic acids is 4. The standard InChI is InChI=1S/C32H42N6O7/c1-4-6-13-25(40)33-19-21(3)44-31(43)26-24-14-15-32(45-24)27(26)29(41)37(17-9-10-18-39)28(32)30(42)36(16-5-2)20-38-23-12-8-7-11-22(23)34-35-38/h4-5,7-8,11-12,21,24,26-28,39H,1-2,6,9-10,13-20H2,3H3,(H,33,40)/t21-,24+,26-,27-,28+,32-/m0/s1. The van der Waals surface area contributed by atoms with Crippen molar-refractivity contribution in [2.24, 2.45) is 11.8 Å². The molecule has 4 heterocycles. The molecule has 3 amide bonds. The maximum atomic E-state index is 14.5. The van der Waals surface area contributed by atoms with Crippen LogP contribution in [0.2, 0.25) is 0 Å². The van der Waals surface area contributed by atoms with Gasteiger partial charge in [-0.15, -0.1) is 18.3 Å². The molecule has 0 unspecified atom stereocenters. The molecule has 13 nitrogen and oxygen atoms in total. The van der Waals surface area contributed by atoms with Gasteiger partial charge in [0.1, 0.15) is 29.9 Å². The average Bonchev–Trinajstić information content (AvgIpc) is 3.78. The lowest BCUT2D eigenvalue weighted by Crippen LogP contribution is -2.56. The number of hydrogen-bond donors (Lipinski definition) is 2. The zero-order valence-corrected chi connectivity index (χ0v) is 25.7. The fourth-order valence-corrected chi connectivity index (χ4v) is 6.96. The van der Waals surface area contributed by atoms with Crippen molar-refractivity contribution in [2.75, 3.05) is 26.2 Å². The minimum Gasteiger partial charge on any atom is -0.460 e. The summed E-state index contributed by atoms with van der Waals surface area (Å²) in [4.78, 5) is 57.4. The van der Waals surface area contributed by atoms with Gasteiger partial charge in [-0.05, 0) is 51.2 Å². The van der Waals surface area contributed by atoms with E-state index < -0.39 is 41.7 Å². The average molecular weight is 623 g/mol. The first-order valence-electron chi connectivity index (χ1n) is 15.6. The molecule has 1 spiro atoms. The summed E-state index contributed by atoms with van der Waals surface area (Å²) in [5.41, 5.74) is 0.242. The number of likely N-dealkylation sites (tertiary alicyclic amines) is 1. The Morgan fingerprint density at radius 3 is 2.82 bits per heavy atom. The number of nitrogens with one attached hydrogen (secondary N) is 1. The highest BCUT2D eigenvalue weighted by atomic mass is 16.6. The number of esters is 1. The van der Waals surface area contributed by atoms with Gasteiger partial charge in [-0.1, -0.05) is 29.5 Å². The number of benzene rings is 1. The van der Waals surface area contributed by atoms with Crippen LogP contribution in [0.15, 0.2) is 49.6 Å². The van der Waals surface area contributed by atoms with Gasteiger partial charge in [0.2, 0.25) is 17.7 Å². The van der Waals surface area contributed by atoms with Crippen molar-refractivity contribution < 1.29 is 33.8 Å². The molecule has 45 heavy (non-hydrogen) atoms. The molecule has 13 heteroatoms. The predicted molar refractivity (Wildman–Crippen MR) is 163 cm³/mol. The molecule has 242 valence electrons. The first-order valence-corrected chi connectivity index (χ1v) is 15.6. The molecular weight excluding hydrogens is 580 g/mol. The summed E-state index contributed by atoms with van der Waals surface area (Å²) in [5, 5.41) is 20.6. The van der Waals surface area contributed by atoms with Gasteiger partial charge < -0.3 is 29.7 Å². The number of amides is 3. The Balaban J connectivity index is 1.38. The van der Waals surface area contributed by atoms with Crippen LogP contribution in [-0.4, -0.2) is 104 Å². The fraction of sp³-hybridized carbons (Fsp3) is 0.562. The van der Waals surface area contributed by atoms with Gasteiger partial charge in [-0.25, -0.2) is 4.68 Å². The molecule has 5 rings (SSSR count). The second kappa shape index (κ2) is 13.9. The second-order valence-corrected chi connectivity index (χ2v) is 12.0. The van der Waals surface area contributed by atoms with Crippen molar-refractivity contribution in [3.63, 3.8) is 0 Å². The van der Waals surface area contributed by atoms with Crippen molar-refractivity contribution >= 4 is 34.7 Å². The van der Waals surface area contributed by atoms with Gasteiger partial charge in [0.25, 0.3) is 0 Å². The Morgan fingerprint density at radius 2 is 2.07 bits per heavy atom. The molecule has 3 aliphatic heterocycles. The number of para-hydroxylation sites is 1. The third-order valence-electron chi connectivity index (χ3n) is 8.98. The molecule has 2 aromatic rings. The summed E-state index contributed by atoms with van der Waals surface area (Å²) >= 11 is 0. The smallest absolute Gasteiger partial charge is 0.312 e. The van der Waals surface area contributed by atoms with Crippen LogP contribution in [0.3, 0.4) is 0 Å². The van der Waals surface area contributed by atoms with Gasteiger partial charge in [0.05, 0.1) is 30.0 Å². The van der Waals surface area contributed by atoms with Crippen LogP contribution in [0.5, 0.6) is 0 Å². The van der Waals surface area contributed by atoms with E-state index in [1.54, 1.807) is 28.7 Å². The minimum atomic E-state index is -1.20. The van der Waals surface area contributed by atoms with Gasteiger partial charge in [-0.3, -0.25) is 19.2 Å². The number of nitrogens with zero attached hydrogens (tertiary/aromatic N) is 5. The summed E-state index contributed by atoms with van der Waals surface area (Å²) in [7, 11) is 0. The minimum absolute atomic E-state index is 0.0489. The zero-order chi connectivity index (χ0) is 32.1. The number of allylic oxidation sites excluding steroid dienone is 1. The summed E-state index contributed by atoms with van der Waals surface area (Å²) < 4.78 is 13.9. The number of hydrogen-bond acceptors (Lipinski definition) is 9. The lowest BCUT2D eigenvalue weighted by molar-refractivity contribution is -0.159. The zero-order valence-electron chi connectivity index (χ0n) is 25.7. The van der Waals surface area contributed by atoms with Crippen molar-refractivity contribution in [3.8, 4) is 0 Å². The largest absolute Gasteiger partial charge is 0.460 e. The first-order chi connectivity index (χ1) is 21.7. The number of aliphatic hydroxyl groups excluding tert-OH is 1. The highest BCUT2D eigenvalue weighted by molar-refractivity contribution is 5.98. The third-order valence-corrected chi connectivity index (χ3v) is 8.98. The molecule has 3 saturated heterocycles. The Morgan fingerprint density at radius 1 is 1.27 bits per heavy atom. The van der Waals surface area contributed by atoms with E-state index in [-0.39, 0.29) is 50.6 Å². The van der Waals surface area contributed by atoms with Crippen LogP contribution in [0, 0.1) is 11.8 Å². The molecule has 3 fully saturated rings. The van der Waals surface area contributed by atoms with E-state index in [1.807, 2.05) is 24.3 Å². The summed E-state index contributed by atoms with van der Waals surface area (Å²) in [5.74, 6) is -3.18. The summed E-state index contributed by atoms with van der Waals surface area (Å²) in [6, 6.07) is 6.45. The fourth-order valence-electron chi connectivity index (χ4n) is 6.96. The molecular formula is C32H42N6O7. The van der Waals surface area contributed by atoms with Crippen molar-refractivity contribution in [1.29, 1.82) is 0 Å². The SMILES string of the molecule is C=CCCC(=O)NC[C@H](C)OC(=O)[C@@H]1[C@H]2C(=O)N(CCCCO)[C@H](C(=O)N(CC=C)Cn3nnc4ccccc43)[C@]23CC[C@H]1O3. The van der Waals surface area contributed by atoms with E-state index in [1.165, 1.54) is 4.90 Å². The molecule has 0 saturated carbocycles. The number of fused-ring (bicyclic) bond motifs is 2. The van der Waals surface area contributed by atoms with Gasteiger partial charge in [-0.2, -0.15) is 0 Å². The lowest BCUT2D eigenvalue weighted by Gasteiger charge is -2.36. The topological polar surface area (TPSA) is 156 Å². The van der Waals surface area contributed by atoms with E-state index in [4.69, 9.17) is 9.47 Å². The first kappa shape index (κ1) is 32.3. The van der Waals surface area contributed by atoms with Crippen molar-refractivity contribution in [1.82, 2.24) is 30.1 Å². The van der Waals surface area contributed by atoms with E-state index in [0.29, 0.717) is 44.0 Å². The molecule has 0 radical (unpaired) electrons. The Labute approximate surface area is 262 Å². The molecule has 1 aromatic carbocycles. The van der Waals surface area contributed by atoms with E-state index in [9.17, 15) is 24.3 Å². The molecule has 2 bridgehead atoms. The summed E-state index contributed by atoms with van der Waals surface area (Å²) in [6.07, 6.45) is 4.78. The molecule has 3 aliphatic rings. The van der Waals surface area contributed by atoms with Gasteiger partial charge in [0, 0.05) is 26.1 Å². The van der Waals surface area contributed by atoms with Crippen LogP contribution in [-0.2, 0) is 35.3 Å². The maximum Gasteiger partial charge on any atom is 0.312 e. The molecule has 0 aliphatic carbocycles. The van der Waals surface area contributed by atoms with Crippen LogP contribution in [0.25, 0.3) is 11.0 Å². The Hall–Kier alpha value is -4.10. The molecule has 6 atom stereocenters. The van der Waals surface area contributed by atoms with Crippen LogP contribution >= 0.6 is 0 Å². The van der Waals surface area contributed by atoms with Crippen LogP contribution in [0.4, 0.5) is 0 Å². The molecule has 1 aromatic heterocycles. The predicted octanol–water partition coefficient (Wildman–Crippen LogP) is 1.56. The van der Waals surface area contributed by atoms with E-state index >= 15 is 0 Å². The van der Waals surface area contributed by atoms with Crippen molar-refractivity contribution in [3.05, 3.63) is 49.6 Å². The maximum absolute atomic E-state index is 14.5. The number of unbranched alkanes of at least 4 members (excludes halogenated alkanes) is 1. The van der Waals surface area contributed by atoms with Gasteiger partial charge in [0.15, 0.2) is 0 Å². The van der Waals surface area contributed by atoms with Crippen LogP contribution < -0.4 is 5.32 Å². The highest BCUT2D eigenvalue weighted by Gasteiger charge is 2.75. The normalized spacial score (nSPS) is 25.6. The Bertz CT molecular complexity index is 1440. The lowest BCUT2D eigenvalue weighted by atomic mass is 9.70. The van der Waals surface area contributed by atoms with Crippen LogP contribution in [0.1, 0.15) is 45.4 Å². The number of aliphatic hydroxyl groups is 1. The third kappa shape index (κ3) is 6.23. The summed E-state index contributed by atoms with van der Waals surface area (Å²) in [6.45, 7) is 9.71. The quantitative estimate of drug-likeness (QED) is 0.161. The Kier molecular flexibility index (Phi) is 9.98. The van der Waals surface area contributed by atoms with E-state index in [0.717, 1.165) is 5.52 Å². The van der Waals surface area contributed by atoms with Gasteiger partial charge >= 0.3 is 5.97 Å². The second-order valence-electron chi connectivity index (χ2n) is 12.0. The number of rotatable bonds is 16. The molecule has 2 N–H and O–H groups in total. The monoisotopic (exact) mass is 622 g/mol. The number of aromatic nitrogens is 3. The number of carbonyl (C=O) groups is 4.